The van der Waals surface area contributed by atoms with Crippen LogP contribution in [0.1, 0.15) is 35.2 Å². The van der Waals surface area contributed by atoms with Crippen LogP contribution in [0, 0.1) is 11.8 Å². The Morgan fingerprint density at radius 3 is 2.19 bits per heavy atom. The average Bonchev–Trinajstić information content (AvgIpc) is 3.01. The summed E-state index contributed by atoms with van der Waals surface area (Å²) in [5.41, 5.74) is 3.03. The monoisotopic (exact) mass is 631 g/mol. The van der Waals surface area contributed by atoms with Gasteiger partial charge in [0.05, 0.1) is 31.5 Å². The number of carbonyl (C=O) groups excluding carboxylic acids is 2. The van der Waals surface area contributed by atoms with E-state index in [0.29, 0.717) is 29.2 Å². The lowest BCUT2D eigenvalue weighted by Gasteiger charge is -2.37. The van der Waals surface area contributed by atoms with Crippen LogP contribution in [0.2, 0.25) is 0 Å². The van der Waals surface area contributed by atoms with Crippen molar-refractivity contribution in [3.05, 3.63) is 65.7 Å². The van der Waals surface area contributed by atoms with Crippen molar-refractivity contribution in [2.75, 3.05) is 72.6 Å². The van der Waals surface area contributed by atoms with Crippen molar-refractivity contribution < 1.29 is 19.1 Å². The molecule has 3 aliphatic rings. The van der Waals surface area contributed by atoms with Gasteiger partial charge in [-0.25, -0.2) is 5.01 Å². The second-order valence-corrected chi connectivity index (χ2v) is 11.2. The van der Waals surface area contributed by atoms with Crippen molar-refractivity contribution in [2.24, 2.45) is 16.9 Å². The lowest BCUT2D eigenvalue weighted by molar-refractivity contribution is -0.123. The molecule has 2 heterocycles. The Morgan fingerprint density at radius 2 is 1.56 bits per heavy atom. The van der Waals surface area contributed by atoms with Crippen molar-refractivity contribution in [3.8, 4) is 11.5 Å². The van der Waals surface area contributed by atoms with Gasteiger partial charge in [0, 0.05) is 43.2 Å². The van der Waals surface area contributed by atoms with Gasteiger partial charge in [-0.1, -0.05) is 12.2 Å². The van der Waals surface area contributed by atoms with Crippen molar-refractivity contribution >= 4 is 48.0 Å². The van der Waals surface area contributed by atoms with Crippen LogP contribution in [-0.2, 0) is 4.79 Å². The molecular weight excluding hydrogens is 589 g/mol. The summed E-state index contributed by atoms with van der Waals surface area (Å²) in [6, 6.07) is 13.0. The zero-order chi connectivity index (χ0) is 28.9. The topological polar surface area (TPSA) is 77.9 Å². The van der Waals surface area contributed by atoms with E-state index >= 15 is 0 Å². The number of benzene rings is 2. The second kappa shape index (κ2) is 15.6. The van der Waals surface area contributed by atoms with Crippen LogP contribution in [0.4, 0.5) is 5.69 Å². The summed E-state index contributed by atoms with van der Waals surface area (Å²) in [6.07, 6.45) is 6.77. The number of amides is 2. The molecule has 2 atom stereocenters. The number of piperazine rings is 1. The van der Waals surface area contributed by atoms with Crippen LogP contribution in [-0.4, -0.2) is 99.8 Å². The lowest BCUT2D eigenvalue weighted by atomic mass is 9.76. The van der Waals surface area contributed by atoms with E-state index in [9.17, 15) is 9.59 Å². The van der Waals surface area contributed by atoms with Crippen LogP contribution in [0.3, 0.4) is 0 Å². The zero-order valence-corrected chi connectivity index (χ0v) is 27.0. The summed E-state index contributed by atoms with van der Waals surface area (Å²) < 4.78 is 11.0. The second-order valence-electron chi connectivity index (χ2n) is 11.2. The van der Waals surface area contributed by atoms with E-state index in [4.69, 9.17) is 14.6 Å². The van der Waals surface area contributed by atoms with Gasteiger partial charge in [0.1, 0.15) is 0 Å². The molecule has 2 amide bonds. The van der Waals surface area contributed by atoms with Crippen molar-refractivity contribution in [1.82, 2.24) is 14.7 Å². The van der Waals surface area contributed by atoms with E-state index in [1.807, 2.05) is 47.4 Å². The number of methoxy groups -OCH3 is 2. The van der Waals surface area contributed by atoms with Crippen molar-refractivity contribution in [2.45, 2.75) is 19.3 Å². The Hall–Kier alpha value is -3.11. The number of rotatable bonds is 9. The smallest absolute Gasteiger partial charge is 0.253 e. The number of hydrazone groups is 1. The van der Waals surface area contributed by atoms with Crippen LogP contribution < -0.4 is 14.5 Å². The molecule has 0 saturated carbocycles. The molecule has 2 aromatic rings. The molecule has 9 nitrogen and oxygen atoms in total. The van der Waals surface area contributed by atoms with Gasteiger partial charge >= 0.3 is 0 Å². The number of nitrogens with zero attached hydrogens (tertiary/aromatic N) is 5. The van der Waals surface area contributed by atoms with Gasteiger partial charge in [0.2, 0.25) is 0 Å². The van der Waals surface area contributed by atoms with Gasteiger partial charge in [-0.3, -0.25) is 14.5 Å². The third-order valence-corrected chi connectivity index (χ3v) is 8.29. The minimum absolute atomic E-state index is 0. The van der Waals surface area contributed by atoms with E-state index in [2.05, 4.69) is 36.0 Å². The van der Waals surface area contributed by atoms with Crippen LogP contribution in [0.5, 0.6) is 11.5 Å². The minimum atomic E-state index is -0.198. The van der Waals surface area contributed by atoms with Gasteiger partial charge in [0.15, 0.2) is 11.5 Å². The average molecular weight is 633 g/mol. The Kier molecular flexibility index (Phi) is 12.4. The summed E-state index contributed by atoms with van der Waals surface area (Å²) in [7, 11) is 7.41. The normalized spacial score (nSPS) is 20.1. The minimum Gasteiger partial charge on any atom is -0.493 e. The molecule has 5 rings (SSSR count). The fourth-order valence-corrected chi connectivity index (χ4v) is 5.94. The summed E-state index contributed by atoms with van der Waals surface area (Å²) in [6.45, 7) is 5.37. The predicted octanol–water partition coefficient (Wildman–Crippen LogP) is 4.59. The van der Waals surface area contributed by atoms with Crippen LogP contribution in [0.25, 0.3) is 0 Å². The third-order valence-electron chi connectivity index (χ3n) is 8.29. The number of hydrogen-bond donors (Lipinski definition) is 0. The van der Waals surface area contributed by atoms with E-state index in [1.54, 1.807) is 14.2 Å². The molecule has 0 N–H and O–H groups in total. The molecule has 43 heavy (non-hydrogen) atoms. The highest BCUT2D eigenvalue weighted by Crippen LogP contribution is 2.38. The molecule has 0 radical (unpaired) electrons. The van der Waals surface area contributed by atoms with E-state index in [1.165, 1.54) is 5.01 Å². The number of halogens is 2. The highest BCUT2D eigenvalue weighted by Gasteiger charge is 2.40. The van der Waals surface area contributed by atoms with Crippen LogP contribution in [0.15, 0.2) is 59.7 Å². The quantitative estimate of drug-likeness (QED) is 0.377. The van der Waals surface area contributed by atoms with E-state index in [-0.39, 0.29) is 48.5 Å². The van der Waals surface area contributed by atoms with Crippen molar-refractivity contribution in [1.29, 1.82) is 0 Å². The molecule has 2 aliphatic heterocycles. The fourth-order valence-electron chi connectivity index (χ4n) is 5.94. The first-order chi connectivity index (χ1) is 19.9. The highest BCUT2D eigenvalue weighted by molar-refractivity contribution is 6.11. The summed E-state index contributed by atoms with van der Waals surface area (Å²) in [4.78, 5) is 33.4. The molecule has 0 bridgehead atoms. The first-order valence-corrected chi connectivity index (χ1v) is 14.5. The summed E-state index contributed by atoms with van der Waals surface area (Å²) in [5.74, 6) is 1.07. The summed E-state index contributed by atoms with van der Waals surface area (Å²) in [5, 5.41) is 6.40. The fraction of sp³-hybridized carbons (Fsp3) is 0.469. The molecule has 0 spiro atoms. The number of fused-ring (bicyclic) bond motifs is 1. The largest absolute Gasteiger partial charge is 0.493 e. The van der Waals surface area contributed by atoms with E-state index in [0.717, 1.165) is 63.4 Å². The summed E-state index contributed by atoms with van der Waals surface area (Å²) >= 11 is 0. The van der Waals surface area contributed by atoms with Gasteiger partial charge in [0.25, 0.3) is 11.8 Å². The lowest BCUT2D eigenvalue weighted by Crippen LogP contribution is -2.49. The first-order valence-electron chi connectivity index (χ1n) is 14.5. The molecule has 11 heteroatoms. The first kappa shape index (κ1) is 34.4. The standard InChI is InChI=1S/C32H41N5O4.2ClH/c1-34(2)16-7-17-35-18-20-36(21-19-35)31(38)23-10-13-25(14-11-23)37-32(39)27-9-6-5-8-26(27)30(33-37)24-12-15-28(40-3)29(22-24)41-4;;/h5-6,10-15,22,26-27H,7-9,16-21H2,1-4H3;2*1H/t26-,27+;;/m0../s1. The molecule has 0 unspecified atom stereocenters. The number of allylic oxidation sites excluding steroid dienone is 2. The van der Waals surface area contributed by atoms with E-state index < -0.39 is 0 Å². The molecular formula is C32H43Cl2N5O4. The maximum Gasteiger partial charge on any atom is 0.253 e. The Balaban J connectivity index is 0.00000253. The Labute approximate surface area is 267 Å². The molecule has 234 valence electrons. The molecule has 2 aromatic carbocycles. The van der Waals surface area contributed by atoms with Gasteiger partial charge in [-0.05, 0) is 88.9 Å². The zero-order valence-electron chi connectivity index (χ0n) is 25.4. The number of hydrogen-bond acceptors (Lipinski definition) is 7. The SMILES string of the molecule is COc1ccc(C2=NN(c3ccc(C(=O)N4CCN(CCCN(C)C)CC4)cc3)C(=O)[C@@H]3CC=CC[C@H]23)cc1OC.Cl.Cl. The Bertz CT molecular complexity index is 1310. The molecule has 1 fully saturated rings. The number of anilines is 1. The number of carbonyl (C=O) groups is 2. The number of ether oxygens (including phenoxy) is 2. The maximum absolute atomic E-state index is 13.6. The Morgan fingerprint density at radius 1 is 0.907 bits per heavy atom. The maximum atomic E-state index is 13.6. The third kappa shape index (κ3) is 7.70. The van der Waals surface area contributed by atoms with Crippen molar-refractivity contribution in [3.63, 3.8) is 0 Å². The van der Waals surface area contributed by atoms with Gasteiger partial charge in [-0.15, -0.1) is 24.8 Å². The van der Waals surface area contributed by atoms with Gasteiger partial charge < -0.3 is 19.3 Å². The van der Waals surface area contributed by atoms with Crippen LogP contribution >= 0.6 is 24.8 Å². The molecule has 0 aromatic heterocycles. The molecule has 1 aliphatic carbocycles. The highest BCUT2D eigenvalue weighted by atomic mass is 35.5. The van der Waals surface area contributed by atoms with Gasteiger partial charge in [-0.2, -0.15) is 5.10 Å². The molecule has 1 saturated heterocycles. The predicted molar refractivity (Wildman–Crippen MR) is 175 cm³/mol.